The van der Waals surface area contributed by atoms with Crippen molar-refractivity contribution >= 4 is 0 Å². The lowest BCUT2D eigenvalue weighted by molar-refractivity contribution is 0.185. The highest BCUT2D eigenvalue weighted by Crippen LogP contribution is 2.31. The molecule has 3 heteroatoms. The van der Waals surface area contributed by atoms with E-state index in [-0.39, 0.29) is 6.04 Å². The van der Waals surface area contributed by atoms with Crippen LogP contribution >= 0.6 is 0 Å². The van der Waals surface area contributed by atoms with Gasteiger partial charge in [0.15, 0.2) is 0 Å². The van der Waals surface area contributed by atoms with Gasteiger partial charge in [0.25, 0.3) is 0 Å². The Hall–Kier alpha value is -0.150. The maximum atomic E-state index is 13.6. The molecule has 2 aliphatic heterocycles. The minimum atomic E-state index is -0.945. The second-order valence-corrected chi connectivity index (χ2v) is 3.49. The van der Waals surface area contributed by atoms with Gasteiger partial charge in [0.05, 0.1) is 6.04 Å². The van der Waals surface area contributed by atoms with Crippen LogP contribution in [0.5, 0.6) is 0 Å². The highest BCUT2D eigenvalue weighted by molar-refractivity contribution is 5.08. The summed E-state index contributed by atoms with van der Waals surface area (Å²) in [4.78, 5) is 0. The van der Waals surface area contributed by atoms with E-state index in [1.54, 1.807) is 0 Å². The molecule has 0 radical (unpaired) electrons. The van der Waals surface area contributed by atoms with E-state index < -0.39 is 5.67 Å². The molecule has 2 heterocycles. The molecule has 2 fully saturated rings. The molecule has 3 unspecified atom stereocenters. The highest BCUT2D eigenvalue weighted by Gasteiger charge is 2.49. The zero-order chi connectivity index (χ0) is 9.19. The lowest BCUT2D eigenvalue weighted by Crippen LogP contribution is -2.37. The molecule has 3 atom stereocenters. The van der Waals surface area contributed by atoms with Crippen LogP contribution in [-0.2, 0) is 0 Å². The van der Waals surface area contributed by atoms with Crippen LogP contribution in [0.3, 0.4) is 0 Å². The van der Waals surface area contributed by atoms with Crippen LogP contribution < -0.4 is 10.6 Å². The average Bonchev–Trinajstić information content (AvgIpc) is 2.46. The number of nitrogens with one attached hydrogen (secondary N) is 2. The number of hydrogen-bond acceptors (Lipinski definition) is 2. The zero-order valence-corrected chi connectivity index (χ0v) is 8.15. The fraction of sp³-hybridized carbons (Fsp3) is 1.00. The Morgan fingerprint density at radius 1 is 1.42 bits per heavy atom. The molecular weight excluding hydrogens is 155 g/mol. The molecule has 0 saturated carbocycles. The van der Waals surface area contributed by atoms with Gasteiger partial charge in [-0.2, -0.15) is 0 Å². The van der Waals surface area contributed by atoms with Crippen molar-refractivity contribution < 1.29 is 4.39 Å². The van der Waals surface area contributed by atoms with Crippen molar-refractivity contribution in [2.75, 3.05) is 13.1 Å². The first-order valence-corrected chi connectivity index (χ1v) is 4.86. The molecule has 12 heavy (non-hydrogen) atoms. The number of rotatable bonds is 0. The van der Waals surface area contributed by atoms with Gasteiger partial charge in [0.2, 0.25) is 0 Å². The van der Waals surface area contributed by atoms with Crippen LogP contribution in [0.2, 0.25) is 0 Å². The number of fused-ring (bicyclic) bond motifs is 1. The molecule has 0 bridgehead atoms. The summed E-state index contributed by atoms with van der Waals surface area (Å²) < 4.78 is 13.6. The van der Waals surface area contributed by atoms with Gasteiger partial charge in [-0.1, -0.05) is 13.8 Å². The lowest BCUT2D eigenvalue weighted by Gasteiger charge is -2.15. The van der Waals surface area contributed by atoms with E-state index in [0.717, 1.165) is 6.54 Å². The minimum absolute atomic E-state index is 0.0718. The van der Waals surface area contributed by atoms with E-state index in [1.165, 1.54) is 0 Å². The van der Waals surface area contributed by atoms with Gasteiger partial charge in [-0.15, -0.1) is 0 Å². The molecule has 0 amide bonds. The molecule has 0 aromatic carbocycles. The molecule has 0 aromatic rings. The predicted molar refractivity (Wildman–Crippen MR) is 49.1 cm³/mol. The summed E-state index contributed by atoms with van der Waals surface area (Å²) in [5.41, 5.74) is -0.945. The topological polar surface area (TPSA) is 24.1 Å². The van der Waals surface area contributed by atoms with Crippen LogP contribution in [0.15, 0.2) is 0 Å². The van der Waals surface area contributed by atoms with Gasteiger partial charge in [-0.3, -0.25) is 0 Å². The van der Waals surface area contributed by atoms with Crippen molar-refractivity contribution in [3.63, 3.8) is 0 Å². The number of alkyl halides is 1. The maximum absolute atomic E-state index is 13.6. The van der Waals surface area contributed by atoms with Crippen LogP contribution in [-0.4, -0.2) is 30.8 Å². The lowest BCUT2D eigenvalue weighted by atomic mass is 9.99. The van der Waals surface area contributed by atoms with Gasteiger partial charge in [-0.05, 0) is 13.3 Å². The molecule has 2 aliphatic rings. The van der Waals surface area contributed by atoms with Crippen molar-refractivity contribution in [1.29, 1.82) is 0 Å². The first-order chi connectivity index (χ1) is 5.71. The first-order valence-electron chi connectivity index (χ1n) is 4.86. The fourth-order valence-corrected chi connectivity index (χ4v) is 2.06. The molecule has 2 nitrogen and oxygen atoms in total. The van der Waals surface area contributed by atoms with Gasteiger partial charge in [0, 0.05) is 19.1 Å². The standard InChI is InChI=1S/C7H13FN2.C2H6/c1-5-2-7(8)4-9-3-6(7)10-5;1-2/h5-6,9-10H,2-4H2,1H3;1-2H3. The van der Waals surface area contributed by atoms with Gasteiger partial charge in [-0.25, -0.2) is 4.39 Å². The Morgan fingerprint density at radius 3 is 2.67 bits per heavy atom. The molecular formula is C9H19FN2. The van der Waals surface area contributed by atoms with Crippen molar-refractivity contribution in [2.45, 2.75) is 44.9 Å². The van der Waals surface area contributed by atoms with Crippen molar-refractivity contribution in [2.24, 2.45) is 0 Å². The average molecular weight is 174 g/mol. The third-order valence-corrected chi connectivity index (χ3v) is 2.52. The number of halogens is 1. The predicted octanol–water partition coefficient (Wildman–Crippen LogP) is 1.07. The highest BCUT2D eigenvalue weighted by atomic mass is 19.1. The molecule has 0 aliphatic carbocycles. The summed E-state index contributed by atoms with van der Waals surface area (Å²) in [6, 6.07) is 0.430. The van der Waals surface area contributed by atoms with E-state index in [9.17, 15) is 4.39 Å². The second-order valence-electron chi connectivity index (χ2n) is 3.49. The van der Waals surface area contributed by atoms with Crippen LogP contribution in [0, 0.1) is 0 Å². The fourth-order valence-electron chi connectivity index (χ4n) is 2.06. The Bertz CT molecular complexity index is 151. The Kier molecular flexibility index (Phi) is 3.07. The minimum Gasteiger partial charge on any atom is -0.312 e. The molecule has 0 aromatic heterocycles. The molecule has 2 N–H and O–H groups in total. The third kappa shape index (κ3) is 1.62. The van der Waals surface area contributed by atoms with Crippen molar-refractivity contribution in [3.8, 4) is 0 Å². The quantitative estimate of drug-likeness (QED) is 0.574. The largest absolute Gasteiger partial charge is 0.312 e. The van der Waals surface area contributed by atoms with Crippen molar-refractivity contribution in [3.05, 3.63) is 0 Å². The normalized spacial score (nSPS) is 45.0. The molecule has 72 valence electrons. The first kappa shape index (κ1) is 9.93. The van der Waals surface area contributed by atoms with Gasteiger partial charge >= 0.3 is 0 Å². The molecule has 2 saturated heterocycles. The molecule has 0 spiro atoms. The number of hydrogen-bond donors (Lipinski definition) is 2. The summed E-state index contributed by atoms with van der Waals surface area (Å²) in [5, 5.41) is 6.27. The zero-order valence-electron chi connectivity index (χ0n) is 8.15. The van der Waals surface area contributed by atoms with Crippen LogP contribution in [0.4, 0.5) is 4.39 Å². The van der Waals surface area contributed by atoms with E-state index in [0.29, 0.717) is 19.0 Å². The Balaban J connectivity index is 0.000000336. The van der Waals surface area contributed by atoms with E-state index in [1.807, 2.05) is 20.8 Å². The van der Waals surface area contributed by atoms with Crippen LogP contribution in [0.1, 0.15) is 27.2 Å². The second kappa shape index (κ2) is 3.71. The van der Waals surface area contributed by atoms with E-state index in [4.69, 9.17) is 0 Å². The summed E-state index contributed by atoms with van der Waals surface area (Å²) in [6.45, 7) is 7.37. The third-order valence-electron chi connectivity index (χ3n) is 2.52. The Labute approximate surface area is 73.9 Å². The summed E-state index contributed by atoms with van der Waals surface area (Å²) in [6.07, 6.45) is 0.671. The van der Waals surface area contributed by atoms with Gasteiger partial charge < -0.3 is 10.6 Å². The summed E-state index contributed by atoms with van der Waals surface area (Å²) >= 11 is 0. The monoisotopic (exact) mass is 174 g/mol. The van der Waals surface area contributed by atoms with Crippen LogP contribution in [0.25, 0.3) is 0 Å². The summed E-state index contributed by atoms with van der Waals surface area (Å²) in [5.74, 6) is 0. The smallest absolute Gasteiger partial charge is 0.141 e. The Morgan fingerprint density at radius 2 is 2.08 bits per heavy atom. The van der Waals surface area contributed by atoms with E-state index >= 15 is 0 Å². The van der Waals surface area contributed by atoms with Crippen molar-refractivity contribution in [1.82, 2.24) is 10.6 Å². The van der Waals surface area contributed by atoms with Gasteiger partial charge in [0.1, 0.15) is 5.67 Å². The SMILES string of the molecule is CC.CC1CC2(F)CNCC2N1. The maximum Gasteiger partial charge on any atom is 0.141 e. The summed E-state index contributed by atoms with van der Waals surface area (Å²) in [7, 11) is 0. The van der Waals surface area contributed by atoms with E-state index in [2.05, 4.69) is 10.6 Å². The molecule has 2 rings (SSSR count).